The van der Waals surface area contributed by atoms with Gasteiger partial charge in [-0.15, -0.1) is 0 Å². The van der Waals surface area contributed by atoms with Gasteiger partial charge in [-0.1, -0.05) is 0 Å². The zero-order valence-electron chi connectivity index (χ0n) is 20.8. The first-order chi connectivity index (χ1) is 16.1. The molecule has 1 aliphatic heterocycles. The number of carbonyl (C=O) groups is 3. The molecule has 1 fully saturated rings. The minimum absolute atomic E-state index is 0.0161. The standard InChI is InChI=1S/C25H34N2O7/c1-25(2,3)34-24(30)26-10-11-27(19(15-26)23(29)33-6)22(28)17-9-7-8-16-13-20(31-4)21(32-5)14-18(16)12-17/h12-14,19H,7-11,15H2,1-6H3. The number of piperazine rings is 1. The van der Waals surface area contributed by atoms with Gasteiger partial charge in [-0.25, -0.2) is 9.59 Å². The molecule has 0 N–H and O–H groups in total. The van der Waals surface area contributed by atoms with Crippen LogP contribution in [-0.2, 0) is 25.5 Å². The summed E-state index contributed by atoms with van der Waals surface area (Å²) in [7, 11) is 4.44. The lowest BCUT2D eigenvalue weighted by Crippen LogP contribution is -2.60. The van der Waals surface area contributed by atoms with Gasteiger partial charge in [0.25, 0.3) is 5.91 Å². The average Bonchev–Trinajstić information content (AvgIpc) is 3.02. The summed E-state index contributed by atoms with van der Waals surface area (Å²) < 4.78 is 21.2. The molecule has 0 spiro atoms. The second-order valence-electron chi connectivity index (χ2n) is 9.39. The van der Waals surface area contributed by atoms with E-state index in [2.05, 4.69) is 0 Å². The molecule has 1 saturated heterocycles. The van der Waals surface area contributed by atoms with Gasteiger partial charge in [0.15, 0.2) is 11.5 Å². The molecule has 186 valence electrons. The number of hydrogen-bond donors (Lipinski definition) is 0. The minimum atomic E-state index is -0.909. The van der Waals surface area contributed by atoms with Crippen molar-refractivity contribution in [3.05, 3.63) is 28.8 Å². The largest absolute Gasteiger partial charge is 0.493 e. The summed E-state index contributed by atoms with van der Waals surface area (Å²) in [6.45, 7) is 5.83. The maximum absolute atomic E-state index is 13.6. The van der Waals surface area contributed by atoms with E-state index in [0.717, 1.165) is 24.0 Å². The molecule has 1 heterocycles. The van der Waals surface area contributed by atoms with Gasteiger partial charge < -0.3 is 28.7 Å². The van der Waals surface area contributed by atoms with E-state index >= 15 is 0 Å². The average molecular weight is 475 g/mol. The van der Waals surface area contributed by atoms with Crippen LogP contribution in [0.5, 0.6) is 11.5 Å². The highest BCUT2D eigenvalue weighted by molar-refractivity contribution is 6.00. The number of carbonyl (C=O) groups excluding carboxylic acids is 3. The molecule has 1 atom stereocenters. The zero-order chi connectivity index (χ0) is 25.0. The SMILES string of the molecule is COC(=O)C1CN(C(=O)OC(C)(C)C)CCN1C(=O)C1=Cc2cc(OC)c(OC)cc2CCC1. The van der Waals surface area contributed by atoms with E-state index in [1.807, 2.05) is 18.2 Å². The molecule has 3 rings (SSSR count). The molecule has 9 heteroatoms. The predicted molar refractivity (Wildman–Crippen MR) is 126 cm³/mol. The molecule has 0 aromatic heterocycles. The Balaban J connectivity index is 1.86. The normalized spacial score (nSPS) is 18.3. The van der Waals surface area contributed by atoms with Crippen LogP contribution in [0.15, 0.2) is 17.7 Å². The third kappa shape index (κ3) is 5.63. The van der Waals surface area contributed by atoms with Crippen LogP contribution in [0.3, 0.4) is 0 Å². The number of aryl methyl sites for hydroxylation is 1. The Labute approximate surface area is 200 Å². The number of ether oxygens (including phenoxy) is 4. The predicted octanol–water partition coefficient (Wildman–Crippen LogP) is 3.04. The molecule has 0 saturated carbocycles. The highest BCUT2D eigenvalue weighted by Crippen LogP contribution is 2.35. The molecule has 2 amide bonds. The molecule has 34 heavy (non-hydrogen) atoms. The van der Waals surface area contributed by atoms with E-state index in [9.17, 15) is 14.4 Å². The lowest BCUT2D eigenvalue weighted by Gasteiger charge is -2.40. The van der Waals surface area contributed by atoms with Crippen LogP contribution in [-0.4, -0.2) is 80.4 Å². The molecular weight excluding hydrogens is 440 g/mol. The smallest absolute Gasteiger partial charge is 0.410 e. The number of rotatable bonds is 4. The van der Waals surface area contributed by atoms with Crippen LogP contribution < -0.4 is 9.47 Å². The van der Waals surface area contributed by atoms with Crippen molar-refractivity contribution in [3.63, 3.8) is 0 Å². The van der Waals surface area contributed by atoms with Crippen molar-refractivity contribution < 1.29 is 33.3 Å². The van der Waals surface area contributed by atoms with Crippen LogP contribution in [0.1, 0.15) is 44.7 Å². The highest BCUT2D eigenvalue weighted by Gasteiger charge is 2.39. The Morgan fingerprint density at radius 1 is 0.971 bits per heavy atom. The fraction of sp³-hybridized carbons (Fsp3) is 0.560. The van der Waals surface area contributed by atoms with Crippen molar-refractivity contribution in [2.24, 2.45) is 0 Å². The lowest BCUT2D eigenvalue weighted by atomic mass is 10.0. The van der Waals surface area contributed by atoms with Crippen LogP contribution in [0.2, 0.25) is 0 Å². The maximum atomic E-state index is 13.6. The van der Waals surface area contributed by atoms with E-state index in [1.165, 1.54) is 16.9 Å². The molecule has 0 bridgehead atoms. The van der Waals surface area contributed by atoms with Crippen molar-refractivity contribution in [1.29, 1.82) is 0 Å². The van der Waals surface area contributed by atoms with E-state index in [-0.39, 0.29) is 25.5 Å². The Morgan fingerprint density at radius 2 is 1.65 bits per heavy atom. The van der Waals surface area contributed by atoms with E-state index in [4.69, 9.17) is 18.9 Å². The van der Waals surface area contributed by atoms with Crippen molar-refractivity contribution in [3.8, 4) is 11.5 Å². The topological polar surface area (TPSA) is 94.6 Å². The number of benzene rings is 1. The summed E-state index contributed by atoms with van der Waals surface area (Å²) in [4.78, 5) is 41.7. The van der Waals surface area contributed by atoms with Crippen molar-refractivity contribution >= 4 is 24.0 Å². The second kappa shape index (κ2) is 10.4. The summed E-state index contributed by atoms with van der Waals surface area (Å²) >= 11 is 0. The molecule has 1 aliphatic carbocycles. The minimum Gasteiger partial charge on any atom is -0.493 e. The quantitative estimate of drug-likeness (QED) is 0.619. The fourth-order valence-electron chi connectivity index (χ4n) is 4.23. The van der Waals surface area contributed by atoms with Gasteiger partial charge >= 0.3 is 12.1 Å². The Morgan fingerprint density at radius 3 is 2.26 bits per heavy atom. The second-order valence-corrected chi connectivity index (χ2v) is 9.39. The van der Waals surface area contributed by atoms with Crippen molar-refractivity contribution in [2.75, 3.05) is 41.0 Å². The number of hydrogen-bond acceptors (Lipinski definition) is 7. The van der Waals surface area contributed by atoms with Gasteiger partial charge in [0.05, 0.1) is 27.9 Å². The van der Waals surface area contributed by atoms with Crippen molar-refractivity contribution in [2.45, 2.75) is 51.7 Å². The van der Waals surface area contributed by atoms with Crippen LogP contribution in [0, 0.1) is 0 Å². The fourth-order valence-corrected chi connectivity index (χ4v) is 4.23. The van der Waals surface area contributed by atoms with Crippen LogP contribution in [0.25, 0.3) is 6.08 Å². The molecule has 1 aromatic carbocycles. The molecule has 1 aromatic rings. The molecule has 1 unspecified atom stereocenters. The summed E-state index contributed by atoms with van der Waals surface area (Å²) in [5.74, 6) is 0.433. The summed E-state index contributed by atoms with van der Waals surface area (Å²) in [5, 5.41) is 0. The number of fused-ring (bicyclic) bond motifs is 1. The Bertz CT molecular complexity index is 980. The first-order valence-corrected chi connectivity index (χ1v) is 11.4. The highest BCUT2D eigenvalue weighted by atomic mass is 16.6. The monoisotopic (exact) mass is 474 g/mol. The van der Waals surface area contributed by atoms with Gasteiger partial charge in [-0.05, 0) is 69.4 Å². The maximum Gasteiger partial charge on any atom is 0.410 e. The summed E-state index contributed by atoms with van der Waals surface area (Å²) in [6.07, 6.45) is 3.48. The molecular formula is C25H34N2O7. The van der Waals surface area contributed by atoms with Crippen LogP contribution in [0.4, 0.5) is 4.79 Å². The van der Waals surface area contributed by atoms with Gasteiger partial charge in [0.2, 0.25) is 0 Å². The summed E-state index contributed by atoms with van der Waals surface area (Å²) in [6, 6.07) is 2.90. The van der Waals surface area contributed by atoms with E-state index in [0.29, 0.717) is 23.5 Å². The summed E-state index contributed by atoms with van der Waals surface area (Å²) in [5.41, 5.74) is 1.90. The van der Waals surface area contributed by atoms with Gasteiger partial charge in [-0.2, -0.15) is 0 Å². The number of esters is 1. The number of nitrogens with zero attached hydrogens (tertiary/aromatic N) is 2. The third-order valence-electron chi connectivity index (χ3n) is 5.91. The van der Waals surface area contributed by atoms with Crippen molar-refractivity contribution in [1.82, 2.24) is 9.80 Å². The first-order valence-electron chi connectivity index (χ1n) is 11.4. The molecule has 9 nitrogen and oxygen atoms in total. The third-order valence-corrected chi connectivity index (χ3v) is 5.91. The van der Waals surface area contributed by atoms with E-state index < -0.39 is 23.7 Å². The first kappa shape index (κ1) is 25.4. The van der Waals surface area contributed by atoms with Gasteiger partial charge in [0, 0.05) is 18.7 Å². The molecule has 2 aliphatic rings. The Hall–Kier alpha value is -3.23. The Kier molecular flexibility index (Phi) is 7.74. The van der Waals surface area contributed by atoms with Gasteiger partial charge in [-0.3, -0.25) is 4.79 Å². The lowest BCUT2D eigenvalue weighted by molar-refractivity contribution is -0.154. The van der Waals surface area contributed by atoms with Crippen LogP contribution >= 0.6 is 0 Å². The van der Waals surface area contributed by atoms with E-state index in [1.54, 1.807) is 35.0 Å². The number of amides is 2. The molecule has 0 radical (unpaired) electrons. The number of methoxy groups -OCH3 is 3. The van der Waals surface area contributed by atoms with Gasteiger partial charge in [0.1, 0.15) is 11.6 Å². The zero-order valence-corrected chi connectivity index (χ0v) is 20.8.